The zero-order valence-electron chi connectivity index (χ0n) is 19.4. The number of ether oxygens (including phenoxy) is 1. The first-order chi connectivity index (χ1) is 16.0. The number of hydrogen-bond acceptors (Lipinski definition) is 6. The molecule has 1 saturated heterocycles. The summed E-state index contributed by atoms with van der Waals surface area (Å²) >= 11 is 1.65. The maximum absolute atomic E-state index is 13.4. The molecule has 5 aliphatic rings. The maximum atomic E-state index is 13.4. The lowest BCUT2D eigenvalue weighted by Crippen LogP contribution is -2.55. The number of nitrogens with one attached hydrogen (secondary N) is 1. The smallest absolute Gasteiger partial charge is 0.329 e. The van der Waals surface area contributed by atoms with E-state index in [0.29, 0.717) is 30.0 Å². The van der Waals surface area contributed by atoms with Gasteiger partial charge in [-0.2, -0.15) is 0 Å². The number of amides is 1. The molecule has 180 valence electrons. The molecule has 8 heteroatoms. The Morgan fingerprint density at radius 1 is 1.18 bits per heavy atom. The van der Waals surface area contributed by atoms with Gasteiger partial charge in [0.05, 0.1) is 11.7 Å². The fraction of sp³-hybridized carbons (Fsp3) is 0.720. The van der Waals surface area contributed by atoms with Gasteiger partial charge in [0.25, 0.3) is 5.91 Å². The number of aliphatic carboxylic acids is 1. The van der Waals surface area contributed by atoms with Crippen LogP contribution >= 0.6 is 11.8 Å². The fourth-order valence-electron chi connectivity index (χ4n) is 6.74. The number of pyridine rings is 1. The third-order valence-electron chi connectivity index (χ3n) is 7.97. The molecule has 6 rings (SSSR count). The van der Waals surface area contributed by atoms with E-state index in [1.54, 1.807) is 11.8 Å². The molecule has 4 bridgehead atoms. The van der Waals surface area contributed by atoms with Crippen LogP contribution in [-0.4, -0.2) is 59.6 Å². The minimum absolute atomic E-state index is 0.0224. The molecule has 7 nitrogen and oxygen atoms in total. The third kappa shape index (κ3) is 5.02. The van der Waals surface area contributed by atoms with E-state index in [0.717, 1.165) is 47.8 Å². The molecule has 0 unspecified atom stereocenters. The number of nitrogens with zero attached hydrogens (tertiary/aromatic N) is 2. The Morgan fingerprint density at radius 2 is 1.91 bits per heavy atom. The second kappa shape index (κ2) is 9.82. The summed E-state index contributed by atoms with van der Waals surface area (Å²) < 4.78 is 5.47. The van der Waals surface area contributed by atoms with E-state index in [9.17, 15) is 9.59 Å². The predicted molar refractivity (Wildman–Crippen MR) is 128 cm³/mol. The van der Waals surface area contributed by atoms with E-state index in [1.807, 2.05) is 12.1 Å². The number of hydrogen-bond donors (Lipinski definition) is 2. The fourth-order valence-corrected chi connectivity index (χ4v) is 7.61. The molecule has 5 fully saturated rings. The second-order valence-corrected chi connectivity index (χ2v) is 11.4. The van der Waals surface area contributed by atoms with E-state index in [-0.39, 0.29) is 18.6 Å². The van der Waals surface area contributed by atoms with Crippen molar-refractivity contribution in [2.24, 2.45) is 23.7 Å². The predicted octanol–water partition coefficient (Wildman–Crippen LogP) is 3.82. The van der Waals surface area contributed by atoms with Crippen LogP contribution in [0, 0.1) is 23.7 Å². The quantitative estimate of drug-likeness (QED) is 0.527. The Bertz CT molecular complexity index is 866. The number of carboxylic acids is 1. The van der Waals surface area contributed by atoms with Crippen LogP contribution < -0.4 is 10.2 Å². The van der Waals surface area contributed by atoms with Crippen molar-refractivity contribution in [3.8, 4) is 0 Å². The first kappa shape index (κ1) is 23.0. The Hall–Kier alpha value is -1.80. The van der Waals surface area contributed by atoms with Crippen LogP contribution in [0.4, 0.5) is 5.82 Å². The lowest BCUT2D eigenvalue weighted by Gasteiger charge is -2.54. The topological polar surface area (TPSA) is 91.8 Å². The minimum atomic E-state index is -0.945. The zero-order chi connectivity index (χ0) is 22.9. The van der Waals surface area contributed by atoms with Crippen molar-refractivity contribution in [2.45, 2.75) is 69.0 Å². The zero-order valence-corrected chi connectivity index (χ0v) is 20.2. The summed E-state index contributed by atoms with van der Waals surface area (Å²) in [5.74, 6) is 3.91. The highest BCUT2D eigenvalue weighted by Crippen LogP contribution is 2.53. The number of carbonyl (C=O) groups excluding carboxylic acids is 1. The summed E-state index contributed by atoms with van der Waals surface area (Å²) in [7, 11) is 0. The van der Waals surface area contributed by atoms with Crippen molar-refractivity contribution in [1.82, 2.24) is 10.3 Å². The lowest BCUT2D eigenvalue weighted by molar-refractivity contribution is -0.143. The highest BCUT2D eigenvalue weighted by atomic mass is 32.2. The normalized spacial score (nSPS) is 32.3. The third-order valence-corrected chi connectivity index (χ3v) is 9.17. The van der Waals surface area contributed by atoms with Crippen molar-refractivity contribution >= 4 is 29.5 Å². The highest BCUT2D eigenvalue weighted by Gasteiger charge is 2.48. The summed E-state index contributed by atoms with van der Waals surface area (Å²) in [4.78, 5) is 31.2. The number of anilines is 1. The van der Waals surface area contributed by atoms with Crippen molar-refractivity contribution in [1.29, 1.82) is 0 Å². The molecule has 2 N–H and O–H groups in total. The molecule has 1 atom stereocenters. The van der Waals surface area contributed by atoms with E-state index in [1.165, 1.54) is 32.1 Å². The largest absolute Gasteiger partial charge is 0.480 e. The van der Waals surface area contributed by atoms with Gasteiger partial charge in [0.15, 0.2) is 0 Å². The van der Waals surface area contributed by atoms with Crippen molar-refractivity contribution in [3.05, 3.63) is 17.7 Å². The van der Waals surface area contributed by atoms with Crippen LogP contribution in [0.25, 0.3) is 0 Å². The average Bonchev–Trinajstić information content (AvgIpc) is 3.27. The maximum Gasteiger partial charge on any atom is 0.329 e. The van der Waals surface area contributed by atoms with Gasteiger partial charge in [-0.1, -0.05) is 6.92 Å². The molecule has 0 spiro atoms. The number of carbonyl (C=O) groups is 2. The van der Waals surface area contributed by atoms with E-state index < -0.39 is 5.97 Å². The molecule has 1 aromatic heterocycles. The van der Waals surface area contributed by atoms with Crippen LogP contribution in [0.5, 0.6) is 0 Å². The summed E-state index contributed by atoms with van der Waals surface area (Å²) in [5.41, 5.74) is 0.684. The molecular weight excluding hydrogens is 438 g/mol. The van der Waals surface area contributed by atoms with Crippen molar-refractivity contribution in [2.75, 3.05) is 30.3 Å². The molecule has 1 amide bonds. The lowest BCUT2D eigenvalue weighted by atomic mass is 9.54. The van der Waals surface area contributed by atoms with Gasteiger partial charge in [0, 0.05) is 19.1 Å². The second-order valence-electron chi connectivity index (χ2n) is 10.4. The standard InChI is InChI=1S/C25H35N3O4S/c1-2-7-33-25-20(3-4-21(26-25)28-6-5-19(13-28)32-14-22(29)30)24(31)27-23-17-9-15-8-16(11-17)12-18(23)10-15/h3-4,15-19,23H,2,5-14H2,1H3,(H,27,31)(H,29,30)/t15?,16?,17?,18?,19-,23?/m1/s1. The highest BCUT2D eigenvalue weighted by molar-refractivity contribution is 7.99. The van der Waals surface area contributed by atoms with Gasteiger partial charge in [0.1, 0.15) is 17.5 Å². The average molecular weight is 474 g/mol. The number of carboxylic acid groups (broad SMARTS) is 1. The van der Waals surface area contributed by atoms with Gasteiger partial charge in [-0.3, -0.25) is 4.79 Å². The first-order valence-corrected chi connectivity index (χ1v) is 13.5. The van der Waals surface area contributed by atoms with Gasteiger partial charge in [-0.25, -0.2) is 9.78 Å². The molecule has 1 aliphatic heterocycles. The summed E-state index contributed by atoms with van der Waals surface area (Å²) in [6.07, 6.45) is 8.24. The Labute approximate surface area is 200 Å². The van der Waals surface area contributed by atoms with Crippen LogP contribution in [0.1, 0.15) is 62.2 Å². The molecule has 4 aliphatic carbocycles. The molecule has 1 aromatic rings. The van der Waals surface area contributed by atoms with Gasteiger partial charge in [0.2, 0.25) is 0 Å². The van der Waals surface area contributed by atoms with E-state index in [2.05, 4.69) is 17.1 Å². The number of thioether (sulfide) groups is 1. The molecular formula is C25H35N3O4S. The van der Waals surface area contributed by atoms with Crippen LogP contribution in [-0.2, 0) is 9.53 Å². The Morgan fingerprint density at radius 3 is 2.58 bits per heavy atom. The van der Waals surface area contributed by atoms with Gasteiger partial charge < -0.3 is 20.1 Å². The van der Waals surface area contributed by atoms with Gasteiger partial charge in [-0.15, -0.1) is 11.8 Å². The molecule has 0 aromatic carbocycles. The van der Waals surface area contributed by atoms with Crippen LogP contribution in [0.15, 0.2) is 17.2 Å². The minimum Gasteiger partial charge on any atom is -0.480 e. The van der Waals surface area contributed by atoms with E-state index >= 15 is 0 Å². The Balaban J connectivity index is 1.28. The monoisotopic (exact) mass is 473 g/mol. The van der Waals surface area contributed by atoms with Crippen molar-refractivity contribution < 1.29 is 19.4 Å². The van der Waals surface area contributed by atoms with Gasteiger partial charge in [-0.05, 0) is 86.5 Å². The molecule has 0 radical (unpaired) electrons. The van der Waals surface area contributed by atoms with E-state index in [4.69, 9.17) is 14.8 Å². The van der Waals surface area contributed by atoms with Crippen molar-refractivity contribution in [3.63, 3.8) is 0 Å². The molecule has 33 heavy (non-hydrogen) atoms. The summed E-state index contributed by atoms with van der Waals surface area (Å²) in [6, 6.07) is 4.18. The van der Waals surface area contributed by atoms with Crippen LogP contribution in [0.3, 0.4) is 0 Å². The summed E-state index contributed by atoms with van der Waals surface area (Å²) in [6.45, 7) is 3.26. The van der Waals surface area contributed by atoms with Crippen LogP contribution in [0.2, 0.25) is 0 Å². The van der Waals surface area contributed by atoms with Gasteiger partial charge >= 0.3 is 5.97 Å². The first-order valence-electron chi connectivity index (χ1n) is 12.5. The SMILES string of the molecule is CCCSc1nc(N2CC[C@@H](OCC(=O)O)C2)ccc1C(=O)NC1C2CC3CC(C2)CC1C3. The number of rotatable bonds is 9. The number of aromatic nitrogens is 1. The molecule has 2 heterocycles. The summed E-state index contributed by atoms with van der Waals surface area (Å²) in [5, 5.41) is 13.1. The Kier molecular flexibility index (Phi) is 6.84. The molecule has 4 saturated carbocycles.